The molecular formula is C15H18Cl2N5S+. The molecule has 4 N–H and O–H groups in total. The van der Waals surface area contributed by atoms with Crippen LogP contribution in [0, 0.1) is 5.92 Å². The van der Waals surface area contributed by atoms with Gasteiger partial charge >= 0.3 is 0 Å². The van der Waals surface area contributed by atoms with Gasteiger partial charge in [0.2, 0.25) is 11.0 Å². The third-order valence-electron chi connectivity index (χ3n) is 4.06. The number of hydrogen-bond acceptors (Lipinski definition) is 4. The maximum Gasteiger partial charge on any atom is 0.214 e. The number of quaternary nitrogens is 1. The highest BCUT2D eigenvalue weighted by atomic mass is 35.5. The highest BCUT2D eigenvalue weighted by Crippen LogP contribution is 2.34. The summed E-state index contributed by atoms with van der Waals surface area (Å²) in [5, 5.41) is 12.5. The molecule has 0 amide bonds. The normalized spacial score (nSPS) is 16.3. The van der Waals surface area contributed by atoms with Crippen molar-refractivity contribution in [2.24, 2.45) is 5.92 Å². The lowest BCUT2D eigenvalue weighted by Gasteiger charge is -2.22. The Morgan fingerprint density at radius 3 is 2.83 bits per heavy atom. The van der Waals surface area contributed by atoms with Crippen molar-refractivity contribution in [1.82, 2.24) is 14.9 Å². The molecule has 1 aromatic carbocycles. The van der Waals surface area contributed by atoms with Gasteiger partial charge in [0, 0.05) is 21.9 Å². The van der Waals surface area contributed by atoms with Gasteiger partial charge in [0.05, 0.1) is 10.7 Å². The molecule has 0 aliphatic carbocycles. The largest absolute Gasteiger partial charge is 0.348 e. The Bertz CT molecular complexity index is 758. The molecule has 1 aliphatic heterocycles. The van der Waals surface area contributed by atoms with Gasteiger partial charge < -0.3 is 5.73 Å². The van der Waals surface area contributed by atoms with Gasteiger partial charge in [-0.05, 0) is 24.6 Å². The second kappa shape index (κ2) is 6.73. The van der Waals surface area contributed by atoms with Crippen molar-refractivity contribution in [3.8, 4) is 0 Å². The Labute approximate surface area is 149 Å². The number of thioether (sulfide) groups is 1. The Morgan fingerprint density at radius 2 is 2.13 bits per heavy atom. The molecular weight excluding hydrogens is 353 g/mol. The van der Waals surface area contributed by atoms with Crippen LogP contribution in [-0.2, 0) is 0 Å². The van der Waals surface area contributed by atoms with Gasteiger partial charge in [-0.2, -0.15) is 0 Å². The van der Waals surface area contributed by atoms with Crippen LogP contribution in [-0.4, -0.2) is 14.9 Å². The summed E-state index contributed by atoms with van der Waals surface area (Å²) < 4.78 is 1.90. The third kappa shape index (κ3) is 3.21. The molecule has 2 atom stereocenters. The molecule has 2 aromatic rings. The summed E-state index contributed by atoms with van der Waals surface area (Å²) >= 11 is 13.8. The molecule has 23 heavy (non-hydrogen) atoms. The van der Waals surface area contributed by atoms with Crippen LogP contribution in [0.3, 0.4) is 0 Å². The fourth-order valence-electron chi connectivity index (χ4n) is 2.33. The Kier molecular flexibility index (Phi) is 4.87. The van der Waals surface area contributed by atoms with E-state index < -0.39 is 0 Å². The molecule has 0 unspecified atom stereocenters. The molecule has 1 aromatic heterocycles. The maximum atomic E-state index is 6.31. The van der Waals surface area contributed by atoms with Crippen molar-refractivity contribution in [1.29, 1.82) is 0 Å². The lowest BCUT2D eigenvalue weighted by atomic mass is 10.00. The minimum atomic E-state index is 0.0642. The van der Waals surface area contributed by atoms with Gasteiger partial charge in [-0.3, -0.25) is 5.43 Å². The van der Waals surface area contributed by atoms with E-state index in [1.54, 1.807) is 6.07 Å². The molecule has 0 saturated heterocycles. The molecule has 1 aliphatic rings. The van der Waals surface area contributed by atoms with Crippen molar-refractivity contribution in [2.45, 2.75) is 31.5 Å². The number of rotatable bonds is 4. The highest BCUT2D eigenvalue weighted by Gasteiger charge is 2.28. The first kappa shape index (κ1) is 16.6. The smallest absolute Gasteiger partial charge is 0.214 e. The van der Waals surface area contributed by atoms with E-state index in [0.717, 1.165) is 28.7 Å². The van der Waals surface area contributed by atoms with Gasteiger partial charge in [0.25, 0.3) is 0 Å². The van der Waals surface area contributed by atoms with E-state index in [-0.39, 0.29) is 6.04 Å². The molecule has 0 bridgehead atoms. The number of benzene rings is 1. The number of hydrogen-bond donors (Lipinski definition) is 2. The van der Waals surface area contributed by atoms with Crippen LogP contribution in [0.2, 0.25) is 10.0 Å². The Morgan fingerprint density at radius 1 is 1.35 bits per heavy atom. The van der Waals surface area contributed by atoms with Gasteiger partial charge in [-0.25, -0.2) is 4.68 Å². The first-order valence-electron chi connectivity index (χ1n) is 7.39. The molecule has 2 heterocycles. The SMILES string of the molecule is CC[C@H](C)[C@H]([NH3+])c1nnc2n1NC(c1ccc(Cl)cc1Cl)=CS2. The van der Waals surface area contributed by atoms with E-state index in [4.69, 9.17) is 23.2 Å². The first-order chi connectivity index (χ1) is 11.0. The topological polar surface area (TPSA) is 70.4 Å². The second-order valence-corrected chi connectivity index (χ2v) is 7.23. The molecule has 0 spiro atoms. The minimum absolute atomic E-state index is 0.0642. The molecule has 3 rings (SSSR count). The lowest BCUT2D eigenvalue weighted by molar-refractivity contribution is -0.442. The molecule has 0 fully saturated rings. The molecule has 0 radical (unpaired) electrons. The fraction of sp³-hybridized carbons (Fsp3) is 0.333. The van der Waals surface area contributed by atoms with Crippen LogP contribution in [0.5, 0.6) is 0 Å². The summed E-state index contributed by atoms with van der Waals surface area (Å²) in [7, 11) is 0. The monoisotopic (exact) mass is 370 g/mol. The van der Waals surface area contributed by atoms with Crippen LogP contribution in [0.25, 0.3) is 5.70 Å². The standard InChI is InChI=1S/C15H17Cl2N5S/c1-3-8(2)13(18)14-19-20-15-22(14)21-12(7-23-15)10-5-4-9(16)6-11(10)17/h4-8,13,21H,3,18H2,1-2H3/p+1/t8-,13-/m0/s1. The second-order valence-electron chi connectivity index (χ2n) is 5.55. The lowest BCUT2D eigenvalue weighted by Crippen LogP contribution is -2.57. The van der Waals surface area contributed by atoms with E-state index in [0.29, 0.717) is 16.0 Å². The summed E-state index contributed by atoms with van der Waals surface area (Å²) in [4.78, 5) is 0. The van der Waals surface area contributed by atoms with Gasteiger partial charge in [0.1, 0.15) is 6.04 Å². The quantitative estimate of drug-likeness (QED) is 0.862. The molecule has 5 nitrogen and oxygen atoms in total. The molecule has 122 valence electrons. The Hall–Kier alpha value is -1.21. The molecule has 0 saturated carbocycles. The van der Waals surface area contributed by atoms with Crippen LogP contribution in [0.4, 0.5) is 0 Å². The van der Waals surface area contributed by atoms with Gasteiger partial charge in [0.15, 0.2) is 0 Å². The zero-order chi connectivity index (χ0) is 16.6. The van der Waals surface area contributed by atoms with Crippen molar-refractivity contribution in [2.75, 3.05) is 5.43 Å². The predicted molar refractivity (Wildman–Crippen MR) is 94.8 cm³/mol. The zero-order valence-electron chi connectivity index (χ0n) is 12.9. The van der Waals surface area contributed by atoms with E-state index in [1.165, 1.54) is 11.8 Å². The van der Waals surface area contributed by atoms with Crippen LogP contribution >= 0.6 is 35.0 Å². The third-order valence-corrected chi connectivity index (χ3v) is 5.43. The number of nitrogens with zero attached hydrogens (tertiary/aromatic N) is 3. The number of halogens is 2. The highest BCUT2D eigenvalue weighted by molar-refractivity contribution is 8.02. The summed E-state index contributed by atoms with van der Waals surface area (Å²) in [5.41, 5.74) is 9.37. The van der Waals surface area contributed by atoms with Crippen LogP contribution in [0.15, 0.2) is 28.8 Å². The number of nitrogens with one attached hydrogen (secondary N) is 1. The van der Waals surface area contributed by atoms with Gasteiger partial charge in [-0.1, -0.05) is 48.8 Å². The first-order valence-corrected chi connectivity index (χ1v) is 9.02. The fourth-order valence-corrected chi connectivity index (χ4v) is 3.58. The van der Waals surface area contributed by atoms with Crippen LogP contribution < -0.4 is 11.2 Å². The van der Waals surface area contributed by atoms with Crippen molar-refractivity contribution < 1.29 is 5.73 Å². The summed E-state index contributed by atoms with van der Waals surface area (Å²) in [6.45, 7) is 4.32. The van der Waals surface area contributed by atoms with E-state index in [9.17, 15) is 0 Å². The predicted octanol–water partition coefficient (Wildman–Crippen LogP) is 3.56. The number of fused-ring (bicyclic) bond motifs is 1. The molecule has 8 heteroatoms. The van der Waals surface area contributed by atoms with Crippen molar-refractivity contribution in [3.63, 3.8) is 0 Å². The van der Waals surface area contributed by atoms with Crippen LogP contribution in [0.1, 0.15) is 37.7 Å². The summed E-state index contributed by atoms with van der Waals surface area (Å²) in [5.74, 6) is 1.25. The van der Waals surface area contributed by atoms with E-state index >= 15 is 0 Å². The maximum absolute atomic E-state index is 6.31. The minimum Gasteiger partial charge on any atom is -0.348 e. The Balaban J connectivity index is 1.92. The average Bonchev–Trinajstić information content (AvgIpc) is 2.96. The number of aromatic nitrogens is 3. The summed E-state index contributed by atoms with van der Waals surface area (Å²) in [6.07, 6.45) is 1.04. The summed E-state index contributed by atoms with van der Waals surface area (Å²) in [6, 6.07) is 5.52. The average molecular weight is 371 g/mol. The van der Waals surface area contributed by atoms with E-state index in [1.807, 2.05) is 22.2 Å². The van der Waals surface area contributed by atoms with Crippen molar-refractivity contribution >= 4 is 40.7 Å². The van der Waals surface area contributed by atoms with E-state index in [2.05, 4.69) is 35.2 Å². The van der Waals surface area contributed by atoms with Gasteiger partial charge in [-0.15, -0.1) is 10.2 Å². The van der Waals surface area contributed by atoms with Crippen molar-refractivity contribution in [3.05, 3.63) is 45.0 Å². The zero-order valence-corrected chi connectivity index (χ0v) is 15.2.